The standard InChI is InChI=1S/C20H29N3O4S/c1-26-16-4-5-18(27-2)15(10-16)3-6-19(24)22-12-14-9-17(21-11-14)20(25)23-7-8-28-13-23/h4-5,10,14,17,21H,3,6-9,11-13H2,1-2H3,(H,22,24). The lowest BCUT2D eigenvalue weighted by Gasteiger charge is -2.19. The highest BCUT2D eigenvalue weighted by Gasteiger charge is 2.33. The Balaban J connectivity index is 1.41. The summed E-state index contributed by atoms with van der Waals surface area (Å²) in [5, 5.41) is 6.32. The molecule has 0 saturated carbocycles. The minimum Gasteiger partial charge on any atom is -0.497 e. The van der Waals surface area contributed by atoms with E-state index in [1.165, 1.54) is 0 Å². The van der Waals surface area contributed by atoms with Gasteiger partial charge < -0.3 is 25.0 Å². The highest BCUT2D eigenvalue weighted by molar-refractivity contribution is 7.99. The maximum absolute atomic E-state index is 12.4. The Morgan fingerprint density at radius 3 is 2.89 bits per heavy atom. The third kappa shape index (κ3) is 5.32. The van der Waals surface area contributed by atoms with Crippen LogP contribution in [0.3, 0.4) is 0 Å². The second kappa shape index (κ2) is 10.0. The number of nitrogens with zero attached hydrogens (tertiary/aromatic N) is 1. The Morgan fingerprint density at radius 2 is 2.18 bits per heavy atom. The first-order valence-electron chi connectivity index (χ1n) is 9.68. The van der Waals surface area contributed by atoms with E-state index >= 15 is 0 Å². The van der Waals surface area contributed by atoms with Crippen LogP contribution in [0.15, 0.2) is 18.2 Å². The van der Waals surface area contributed by atoms with E-state index in [1.54, 1.807) is 26.0 Å². The van der Waals surface area contributed by atoms with Gasteiger partial charge in [-0.3, -0.25) is 9.59 Å². The van der Waals surface area contributed by atoms with Crippen LogP contribution in [0.1, 0.15) is 18.4 Å². The molecule has 1 aromatic rings. The summed E-state index contributed by atoms with van der Waals surface area (Å²) in [5.74, 6) is 3.83. The number of methoxy groups -OCH3 is 2. The summed E-state index contributed by atoms with van der Waals surface area (Å²) in [7, 11) is 3.24. The first kappa shape index (κ1) is 20.8. The summed E-state index contributed by atoms with van der Waals surface area (Å²) in [6.07, 6.45) is 1.75. The Morgan fingerprint density at radius 1 is 1.32 bits per heavy atom. The summed E-state index contributed by atoms with van der Waals surface area (Å²) in [5.41, 5.74) is 0.952. The summed E-state index contributed by atoms with van der Waals surface area (Å²) in [6, 6.07) is 5.49. The zero-order valence-electron chi connectivity index (χ0n) is 16.5. The van der Waals surface area contributed by atoms with Crippen molar-refractivity contribution in [1.82, 2.24) is 15.5 Å². The van der Waals surface area contributed by atoms with Crippen molar-refractivity contribution < 1.29 is 19.1 Å². The fraction of sp³-hybridized carbons (Fsp3) is 0.600. The van der Waals surface area contributed by atoms with Gasteiger partial charge in [0.15, 0.2) is 0 Å². The number of ether oxygens (including phenoxy) is 2. The molecule has 2 N–H and O–H groups in total. The van der Waals surface area contributed by atoms with E-state index in [2.05, 4.69) is 10.6 Å². The maximum atomic E-state index is 12.4. The van der Waals surface area contributed by atoms with Crippen molar-refractivity contribution in [2.75, 3.05) is 45.5 Å². The molecular weight excluding hydrogens is 378 g/mol. The summed E-state index contributed by atoms with van der Waals surface area (Å²) in [6.45, 7) is 2.21. The predicted molar refractivity (Wildman–Crippen MR) is 110 cm³/mol. The molecule has 1 aromatic carbocycles. The van der Waals surface area contributed by atoms with Crippen LogP contribution >= 0.6 is 11.8 Å². The molecule has 154 valence electrons. The molecule has 0 radical (unpaired) electrons. The quantitative estimate of drug-likeness (QED) is 0.676. The van der Waals surface area contributed by atoms with E-state index in [-0.39, 0.29) is 17.9 Å². The molecule has 2 saturated heterocycles. The number of hydrogen-bond acceptors (Lipinski definition) is 6. The van der Waals surface area contributed by atoms with Crippen LogP contribution in [-0.2, 0) is 16.0 Å². The van der Waals surface area contributed by atoms with Gasteiger partial charge in [0.25, 0.3) is 0 Å². The van der Waals surface area contributed by atoms with E-state index < -0.39 is 0 Å². The van der Waals surface area contributed by atoms with E-state index in [0.717, 1.165) is 48.2 Å². The van der Waals surface area contributed by atoms with Gasteiger partial charge in [0, 0.05) is 31.8 Å². The first-order valence-corrected chi connectivity index (χ1v) is 10.8. The molecule has 0 aliphatic carbocycles. The summed E-state index contributed by atoms with van der Waals surface area (Å²) < 4.78 is 10.6. The highest BCUT2D eigenvalue weighted by Crippen LogP contribution is 2.25. The molecule has 2 atom stereocenters. The first-order chi connectivity index (χ1) is 13.6. The Bertz CT molecular complexity index is 694. The third-order valence-electron chi connectivity index (χ3n) is 5.28. The Kier molecular flexibility index (Phi) is 7.44. The van der Waals surface area contributed by atoms with Crippen molar-refractivity contribution in [2.24, 2.45) is 5.92 Å². The van der Waals surface area contributed by atoms with E-state index in [4.69, 9.17) is 9.47 Å². The van der Waals surface area contributed by atoms with Crippen LogP contribution in [0.5, 0.6) is 11.5 Å². The Labute approximate surface area is 170 Å². The number of thioether (sulfide) groups is 1. The van der Waals surface area contributed by atoms with Crippen molar-refractivity contribution in [3.8, 4) is 11.5 Å². The number of amides is 2. The van der Waals surface area contributed by atoms with Crippen LogP contribution in [0.2, 0.25) is 0 Å². The van der Waals surface area contributed by atoms with Gasteiger partial charge in [0.2, 0.25) is 11.8 Å². The van der Waals surface area contributed by atoms with Crippen LogP contribution < -0.4 is 20.1 Å². The smallest absolute Gasteiger partial charge is 0.240 e. The van der Waals surface area contributed by atoms with E-state index in [0.29, 0.717) is 25.3 Å². The van der Waals surface area contributed by atoms with Crippen molar-refractivity contribution >= 4 is 23.6 Å². The van der Waals surface area contributed by atoms with Crippen LogP contribution in [0.25, 0.3) is 0 Å². The average Bonchev–Trinajstić information content (AvgIpc) is 3.42. The van der Waals surface area contributed by atoms with Crippen molar-refractivity contribution in [3.63, 3.8) is 0 Å². The number of carbonyl (C=O) groups is 2. The number of nitrogens with one attached hydrogen (secondary N) is 2. The summed E-state index contributed by atoms with van der Waals surface area (Å²) >= 11 is 1.80. The number of carbonyl (C=O) groups excluding carboxylic acids is 2. The molecule has 2 aliphatic rings. The lowest BCUT2D eigenvalue weighted by molar-refractivity contribution is -0.131. The minimum absolute atomic E-state index is 0.00981. The molecule has 7 nitrogen and oxygen atoms in total. The van der Waals surface area contributed by atoms with E-state index in [1.807, 2.05) is 23.1 Å². The zero-order valence-corrected chi connectivity index (χ0v) is 17.3. The molecule has 28 heavy (non-hydrogen) atoms. The Hall–Kier alpha value is -1.93. The van der Waals surface area contributed by atoms with Gasteiger partial charge in [-0.15, -0.1) is 11.8 Å². The highest BCUT2D eigenvalue weighted by atomic mass is 32.2. The third-order valence-corrected chi connectivity index (χ3v) is 6.25. The fourth-order valence-corrected chi connectivity index (χ4v) is 4.59. The molecule has 2 unspecified atom stereocenters. The van der Waals surface area contributed by atoms with Crippen molar-refractivity contribution in [2.45, 2.75) is 25.3 Å². The second-order valence-corrected chi connectivity index (χ2v) is 8.26. The topological polar surface area (TPSA) is 79.9 Å². The summed E-state index contributed by atoms with van der Waals surface area (Å²) in [4.78, 5) is 26.6. The van der Waals surface area contributed by atoms with Crippen LogP contribution in [0, 0.1) is 5.92 Å². The number of rotatable bonds is 8. The number of hydrogen-bond donors (Lipinski definition) is 2. The molecule has 2 amide bonds. The van der Waals surface area contributed by atoms with Crippen LogP contribution in [-0.4, -0.2) is 68.2 Å². The zero-order chi connectivity index (χ0) is 19.9. The molecule has 2 heterocycles. The molecule has 3 rings (SSSR count). The largest absolute Gasteiger partial charge is 0.497 e. The number of aryl methyl sites for hydroxylation is 1. The van der Waals surface area contributed by atoms with Gasteiger partial charge in [-0.1, -0.05) is 0 Å². The van der Waals surface area contributed by atoms with Gasteiger partial charge >= 0.3 is 0 Å². The van der Waals surface area contributed by atoms with E-state index in [9.17, 15) is 9.59 Å². The monoisotopic (exact) mass is 407 g/mol. The van der Waals surface area contributed by atoms with Crippen LogP contribution in [0.4, 0.5) is 0 Å². The predicted octanol–water partition coefficient (Wildman–Crippen LogP) is 1.26. The molecule has 0 aromatic heterocycles. The molecule has 0 bridgehead atoms. The maximum Gasteiger partial charge on any atom is 0.240 e. The van der Waals surface area contributed by atoms with Gasteiger partial charge in [0.1, 0.15) is 11.5 Å². The molecule has 8 heteroatoms. The fourth-order valence-electron chi connectivity index (χ4n) is 3.63. The molecule has 2 aliphatic heterocycles. The van der Waals surface area contributed by atoms with Gasteiger partial charge in [-0.2, -0.15) is 0 Å². The lowest BCUT2D eigenvalue weighted by atomic mass is 10.0. The minimum atomic E-state index is -0.110. The SMILES string of the molecule is COc1ccc(OC)c(CCC(=O)NCC2CNC(C(=O)N3CCSC3)C2)c1. The normalized spacial score (nSPS) is 21.6. The molecule has 2 fully saturated rings. The van der Waals surface area contributed by atoms with Gasteiger partial charge in [0.05, 0.1) is 26.1 Å². The lowest BCUT2D eigenvalue weighted by Crippen LogP contribution is -2.42. The van der Waals surface area contributed by atoms with Gasteiger partial charge in [-0.05, 0) is 42.5 Å². The molecule has 0 spiro atoms. The van der Waals surface area contributed by atoms with Crippen molar-refractivity contribution in [3.05, 3.63) is 23.8 Å². The van der Waals surface area contributed by atoms with Gasteiger partial charge in [-0.25, -0.2) is 0 Å². The number of benzene rings is 1. The molecular formula is C20H29N3O4S. The average molecular weight is 408 g/mol. The van der Waals surface area contributed by atoms with Crippen molar-refractivity contribution in [1.29, 1.82) is 0 Å². The second-order valence-electron chi connectivity index (χ2n) is 7.18.